The number of hydrogen-bond acceptors (Lipinski definition) is 4. The van der Waals surface area contributed by atoms with E-state index in [1.54, 1.807) is 11.3 Å². The normalized spacial score (nSPS) is 19.7. The van der Waals surface area contributed by atoms with E-state index in [-0.39, 0.29) is 5.92 Å². The first-order chi connectivity index (χ1) is 8.19. The van der Waals surface area contributed by atoms with Crippen LogP contribution in [0.4, 0.5) is 0 Å². The van der Waals surface area contributed by atoms with E-state index in [1.165, 1.54) is 4.88 Å². The Morgan fingerprint density at radius 1 is 1.53 bits per heavy atom. The number of nitrogens with two attached hydrogens (primary N) is 1. The first-order valence-electron chi connectivity index (χ1n) is 5.63. The van der Waals surface area contributed by atoms with Gasteiger partial charge in [0.2, 0.25) is 0 Å². The number of likely N-dealkylation sites (tertiary alicyclic amines) is 1. The molecule has 0 radical (unpaired) electrons. The smallest absolute Gasteiger partial charge is 0.142 e. The molecular weight excluding hydrogens is 258 g/mol. The summed E-state index contributed by atoms with van der Waals surface area (Å²) in [5, 5.41) is 11.7. The number of oxime groups is 1. The summed E-state index contributed by atoms with van der Waals surface area (Å²) >= 11 is 7.53. The van der Waals surface area contributed by atoms with Gasteiger partial charge in [0.15, 0.2) is 0 Å². The van der Waals surface area contributed by atoms with Crippen LogP contribution in [0.5, 0.6) is 0 Å². The molecule has 17 heavy (non-hydrogen) atoms. The second kappa shape index (κ2) is 5.71. The standard InChI is InChI=1S/C11H16ClN3OS/c12-10-2-1-9(17-10)7-15-5-3-8(4-6-15)11(13)14-16/h1-2,8,16H,3-7H2,(H2,13,14). The zero-order chi connectivity index (χ0) is 12.3. The highest BCUT2D eigenvalue weighted by molar-refractivity contribution is 7.16. The first kappa shape index (κ1) is 12.7. The molecule has 2 rings (SSSR count). The third-order valence-corrected chi connectivity index (χ3v) is 4.35. The number of rotatable bonds is 3. The van der Waals surface area contributed by atoms with Crippen molar-refractivity contribution in [2.75, 3.05) is 13.1 Å². The van der Waals surface area contributed by atoms with Gasteiger partial charge in [-0.1, -0.05) is 16.8 Å². The lowest BCUT2D eigenvalue weighted by Crippen LogP contribution is -2.38. The summed E-state index contributed by atoms with van der Waals surface area (Å²) in [6.45, 7) is 2.91. The van der Waals surface area contributed by atoms with Crippen molar-refractivity contribution in [1.29, 1.82) is 0 Å². The van der Waals surface area contributed by atoms with E-state index < -0.39 is 0 Å². The van der Waals surface area contributed by atoms with Crippen molar-refractivity contribution in [2.45, 2.75) is 19.4 Å². The Hall–Kier alpha value is -0.780. The Morgan fingerprint density at radius 2 is 2.24 bits per heavy atom. The Morgan fingerprint density at radius 3 is 2.76 bits per heavy atom. The lowest BCUT2D eigenvalue weighted by atomic mass is 9.96. The molecule has 1 fully saturated rings. The number of nitrogens with zero attached hydrogens (tertiary/aromatic N) is 2. The molecule has 0 unspecified atom stereocenters. The molecule has 0 atom stereocenters. The highest BCUT2D eigenvalue weighted by Crippen LogP contribution is 2.25. The van der Waals surface area contributed by atoms with Crippen molar-refractivity contribution in [3.05, 3.63) is 21.3 Å². The summed E-state index contributed by atoms with van der Waals surface area (Å²) in [5.41, 5.74) is 5.62. The molecule has 0 aromatic carbocycles. The number of piperidine rings is 1. The molecule has 1 aromatic heterocycles. The van der Waals surface area contributed by atoms with Gasteiger partial charge >= 0.3 is 0 Å². The molecule has 94 valence electrons. The summed E-state index contributed by atoms with van der Waals surface area (Å²) in [5.74, 6) is 0.590. The van der Waals surface area contributed by atoms with Gasteiger partial charge in [0.05, 0.1) is 4.34 Å². The van der Waals surface area contributed by atoms with Gasteiger partial charge in [0, 0.05) is 17.3 Å². The van der Waals surface area contributed by atoms with Crippen LogP contribution in [0.3, 0.4) is 0 Å². The van der Waals surface area contributed by atoms with Gasteiger partial charge in [0.25, 0.3) is 0 Å². The lowest BCUT2D eigenvalue weighted by Gasteiger charge is -2.30. The molecule has 1 saturated heterocycles. The van der Waals surface area contributed by atoms with Gasteiger partial charge in [-0.25, -0.2) is 0 Å². The summed E-state index contributed by atoms with van der Waals surface area (Å²) in [4.78, 5) is 3.67. The third kappa shape index (κ3) is 3.34. The number of hydrogen-bond donors (Lipinski definition) is 2. The fourth-order valence-electron chi connectivity index (χ4n) is 2.13. The van der Waals surface area contributed by atoms with Gasteiger partial charge in [-0.3, -0.25) is 4.90 Å². The summed E-state index contributed by atoms with van der Waals surface area (Å²) in [6, 6.07) is 4.01. The molecule has 1 aliphatic rings. The summed E-state index contributed by atoms with van der Waals surface area (Å²) in [6.07, 6.45) is 1.91. The minimum atomic E-state index is 0.225. The van der Waals surface area contributed by atoms with Crippen molar-refractivity contribution >= 4 is 28.8 Å². The fraction of sp³-hybridized carbons (Fsp3) is 0.545. The summed E-state index contributed by atoms with van der Waals surface area (Å²) in [7, 11) is 0. The molecule has 0 saturated carbocycles. The van der Waals surface area contributed by atoms with Crippen LogP contribution >= 0.6 is 22.9 Å². The van der Waals surface area contributed by atoms with Gasteiger partial charge in [0.1, 0.15) is 5.84 Å². The van der Waals surface area contributed by atoms with Crippen LogP contribution in [-0.2, 0) is 6.54 Å². The van der Waals surface area contributed by atoms with Crippen LogP contribution in [0.2, 0.25) is 4.34 Å². The SMILES string of the molecule is NC(=NO)C1CCN(Cc2ccc(Cl)s2)CC1. The molecule has 0 spiro atoms. The molecule has 3 N–H and O–H groups in total. The van der Waals surface area contributed by atoms with Crippen LogP contribution in [0.15, 0.2) is 17.3 Å². The van der Waals surface area contributed by atoms with E-state index in [4.69, 9.17) is 22.5 Å². The molecular formula is C11H16ClN3OS. The van der Waals surface area contributed by atoms with Gasteiger partial charge in [-0.05, 0) is 38.1 Å². The van der Waals surface area contributed by atoms with Gasteiger partial charge < -0.3 is 10.9 Å². The quantitative estimate of drug-likeness (QED) is 0.385. The van der Waals surface area contributed by atoms with E-state index in [9.17, 15) is 0 Å². The third-order valence-electron chi connectivity index (χ3n) is 3.13. The van der Waals surface area contributed by atoms with Crippen molar-refractivity contribution in [1.82, 2.24) is 4.90 Å². The van der Waals surface area contributed by atoms with Gasteiger partial charge in [-0.2, -0.15) is 0 Å². The van der Waals surface area contributed by atoms with Crippen LogP contribution in [-0.4, -0.2) is 29.0 Å². The second-order valence-corrected chi connectivity index (χ2v) is 6.08. The Kier molecular flexibility index (Phi) is 4.25. The zero-order valence-electron chi connectivity index (χ0n) is 9.47. The molecule has 4 nitrogen and oxygen atoms in total. The van der Waals surface area contributed by atoms with Crippen LogP contribution in [0.1, 0.15) is 17.7 Å². The van der Waals surface area contributed by atoms with Gasteiger partial charge in [-0.15, -0.1) is 11.3 Å². The minimum Gasteiger partial charge on any atom is -0.409 e. The van der Waals surface area contributed by atoms with Crippen LogP contribution < -0.4 is 5.73 Å². The van der Waals surface area contributed by atoms with E-state index in [0.717, 1.165) is 36.8 Å². The van der Waals surface area contributed by atoms with Crippen molar-refractivity contribution in [3.63, 3.8) is 0 Å². The predicted molar refractivity (Wildman–Crippen MR) is 70.7 cm³/mol. The fourth-order valence-corrected chi connectivity index (χ4v) is 3.26. The van der Waals surface area contributed by atoms with E-state index in [0.29, 0.717) is 5.84 Å². The number of halogens is 1. The highest BCUT2D eigenvalue weighted by atomic mass is 35.5. The number of thiophene rings is 1. The molecule has 0 bridgehead atoms. The Balaban J connectivity index is 1.83. The number of amidine groups is 1. The highest BCUT2D eigenvalue weighted by Gasteiger charge is 2.22. The summed E-state index contributed by atoms with van der Waals surface area (Å²) < 4.78 is 0.839. The largest absolute Gasteiger partial charge is 0.409 e. The molecule has 0 amide bonds. The molecule has 1 aromatic rings. The van der Waals surface area contributed by atoms with Crippen molar-refractivity contribution < 1.29 is 5.21 Å². The Labute approximate surface area is 110 Å². The first-order valence-corrected chi connectivity index (χ1v) is 6.82. The monoisotopic (exact) mass is 273 g/mol. The van der Waals surface area contributed by atoms with Crippen molar-refractivity contribution in [2.24, 2.45) is 16.8 Å². The topological polar surface area (TPSA) is 61.9 Å². The molecule has 1 aliphatic heterocycles. The van der Waals surface area contributed by atoms with Crippen LogP contribution in [0, 0.1) is 5.92 Å². The maximum Gasteiger partial charge on any atom is 0.142 e. The average molecular weight is 274 g/mol. The molecule has 2 heterocycles. The van der Waals surface area contributed by atoms with E-state index in [2.05, 4.69) is 16.1 Å². The Bertz CT molecular complexity index is 399. The van der Waals surface area contributed by atoms with Crippen molar-refractivity contribution in [3.8, 4) is 0 Å². The van der Waals surface area contributed by atoms with E-state index >= 15 is 0 Å². The maximum absolute atomic E-state index is 8.63. The average Bonchev–Trinajstić information content (AvgIpc) is 2.75. The molecule has 6 heteroatoms. The lowest BCUT2D eigenvalue weighted by molar-refractivity contribution is 0.200. The van der Waals surface area contributed by atoms with Crippen LogP contribution in [0.25, 0.3) is 0 Å². The second-order valence-electron chi connectivity index (χ2n) is 4.28. The zero-order valence-corrected chi connectivity index (χ0v) is 11.0. The maximum atomic E-state index is 8.63. The van der Waals surface area contributed by atoms with E-state index in [1.807, 2.05) is 6.07 Å². The predicted octanol–water partition coefficient (Wildman–Crippen LogP) is 2.36. The minimum absolute atomic E-state index is 0.225. The molecule has 0 aliphatic carbocycles.